The Balaban J connectivity index is 2.22. The van der Waals surface area contributed by atoms with Crippen LogP contribution in [-0.4, -0.2) is 31.3 Å². The molecule has 0 radical (unpaired) electrons. The lowest BCUT2D eigenvalue weighted by molar-refractivity contribution is -0.151. The molecule has 5 heteroatoms. The van der Waals surface area contributed by atoms with Crippen LogP contribution >= 0.6 is 0 Å². The van der Waals surface area contributed by atoms with Crippen molar-refractivity contribution in [2.75, 3.05) is 19.0 Å². The van der Waals surface area contributed by atoms with E-state index in [1.807, 2.05) is 6.92 Å². The second-order valence-electron chi connectivity index (χ2n) is 5.06. The van der Waals surface area contributed by atoms with E-state index in [1.165, 1.54) is 19.2 Å². The van der Waals surface area contributed by atoms with E-state index in [9.17, 15) is 9.18 Å². The molecule has 2 unspecified atom stereocenters. The Morgan fingerprint density at radius 1 is 1.50 bits per heavy atom. The molecule has 2 atom stereocenters. The number of nitrogens with one attached hydrogen (secondary N) is 1. The topological polar surface area (TPSA) is 47.6 Å². The summed E-state index contributed by atoms with van der Waals surface area (Å²) in [6.45, 7) is 2.53. The van der Waals surface area contributed by atoms with Crippen LogP contribution in [0.25, 0.3) is 0 Å². The number of ether oxygens (including phenoxy) is 2. The number of carbonyl (C=O) groups excluding carboxylic acids is 1. The van der Waals surface area contributed by atoms with Crippen molar-refractivity contribution in [1.82, 2.24) is 0 Å². The standard InChI is InChI=1S/C15H20FNO3/c1-3-13-10-15(8-9-20-13,14(18)19-2)17-12-6-4-11(16)5-7-12/h4-7,13,17H,3,8-10H2,1-2H3. The third-order valence-electron chi connectivity index (χ3n) is 3.72. The van der Waals surface area contributed by atoms with Crippen molar-refractivity contribution >= 4 is 11.7 Å². The number of benzene rings is 1. The lowest BCUT2D eigenvalue weighted by atomic mass is 9.85. The Bertz CT molecular complexity index is 463. The Kier molecular flexibility index (Phi) is 4.60. The number of hydrogen-bond donors (Lipinski definition) is 1. The summed E-state index contributed by atoms with van der Waals surface area (Å²) in [6.07, 6.45) is 1.95. The Morgan fingerprint density at radius 2 is 2.20 bits per heavy atom. The highest BCUT2D eigenvalue weighted by atomic mass is 19.1. The van der Waals surface area contributed by atoms with Crippen LogP contribution < -0.4 is 5.32 Å². The predicted octanol–water partition coefficient (Wildman–Crippen LogP) is 2.74. The molecular formula is C15H20FNO3. The van der Waals surface area contributed by atoms with E-state index in [1.54, 1.807) is 12.1 Å². The third kappa shape index (κ3) is 3.10. The van der Waals surface area contributed by atoms with E-state index < -0.39 is 5.54 Å². The highest BCUT2D eigenvalue weighted by molar-refractivity contribution is 5.84. The number of esters is 1. The predicted molar refractivity (Wildman–Crippen MR) is 74.0 cm³/mol. The summed E-state index contributed by atoms with van der Waals surface area (Å²) in [4.78, 5) is 12.2. The summed E-state index contributed by atoms with van der Waals surface area (Å²) in [5.74, 6) is -0.607. The first-order chi connectivity index (χ1) is 9.59. The molecule has 1 N–H and O–H groups in total. The van der Waals surface area contributed by atoms with Gasteiger partial charge in [0.25, 0.3) is 0 Å². The normalized spacial score (nSPS) is 26.1. The highest BCUT2D eigenvalue weighted by Crippen LogP contribution is 2.31. The summed E-state index contributed by atoms with van der Waals surface area (Å²) in [6, 6.07) is 5.97. The number of rotatable bonds is 4. The average Bonchev–Trinajstić information content (AvgIpc) is 2.49. The monoisotopic (exact) mass is 281 g/mol. The molecule has 0 spiro atoms. The summed E-state index contributed by atoms with van der Waals surface area (Å²) >= 11 is 0. The number of anilines is 1. The van der Waals surface area contributed by atoms with Crippen molar-refractivity contribution < 1.29 is 18.7 Å². The maximum Gasteiger partial charge on any atom is 0.331 e. The molecule has 1 aliphatic rings. The molecule has 1 aromatic rings. The van der Waals surface area contributed by atoms with Gasteiger partial charge in [-0.1, -0.05) is 6.92 Å². The van der Waals surface area contributed by atoms with Gasteiger partial charge in [0.2, 0.25) is 0 Å². The van der Waals surface area contributed by atoms with Gasteiger partial charge in [-0.3, -0.25) is 0 Å². The summed E-state index contributed by atoms with van der Waals surface area (Å²) in [5.41, 5.74) is -0.0977. The van der Waals surface area contributed by atoms with E-state index >= 15 is 0 Å². The molecule has 2 rings (SSSR count). The van der Waals surface area contributed by atoms with Crippen molar-refractivity contribution in [3.05, 3.63) is 30.1 Å². The van der Waals surface area contributed by atoms with Crippen LogP contribution in [-0.2, 0) is 14.3 Å². The summed E-state index contributed by atoms with van der Waals surface area (Å²) in [7, 11) is 1.38. The first kappa shape index (κ1) is 14.8. The maximum atomic E-state index is 13.0. The molecule has 0 aromatic heterocycles. The second kappa shape index (κ2) is 6.22. The zero-order valence-corrected chi connectivity index (χ0v) is 11.8. The maximum absolute atomic E-state index is 13.0. The van der Waals surface area contributed by atoms with Crippen LogP contribution in [0.1, 0.15) is 26.2 Å². The van der Waals surface area contributed by atoms with Crippen LogP contribution in [0.5, 0.6) is 0 Å². The van der Waals surface area contributed by atoms with Gasteiger partial charge in [-0.05, 0) is 30.7 Å². The third-order valence-corrected chi connectivity index (χ3v) is 3.72. The first-order valence-corrected chi connectivity index (χ1v) is 6.83. The quantitative estimate of drug-likeness (QED) is 0.862. The fourth-order valence-electron chi connectivity index (χ4n) is 2.57. The Hall–Kier alpha value is -1.62. The van der Waals surface area contributed by atoms with Crippen molar-refractivity contribution in [2.24, 2.45) is 0 Å². The lowest BCUT2D eigenvalue weighted by Gasteiger charge is -2.39. The van der Waals surface area contributed by atoms with E-state index in [0.717, 1.165) is 6.42 Å². The Labute approximate surface area is 118 Å². The molecular weight excluding hydrogens is 261 g/mol. The minimum Gasteiger partial charge on any atom is -0.467 e. The molecule has 110 valence electrons. The second-order valence-corrected chi connectivity index (χ2v) is 5.06. The van der Waals surface area contributed by atoms with Crippen molar-refractivity contribution in [3.8, 4) is 0 Å². The zero-order valence-electron chi connectivity index (χ0n) is 11.8. The van der Waals surface area contributed by atoms with Crippen LogP contribution in [0, 0.1) is 5.82 Å². The zero-order chi connectivity index (χ0) is 14.6. The number of halogens is 1. The van der Waals surface area contributed by atoms with Gasteiger partial charge in [0, 0.05) is 25.1 Å². The van der Waals surface area contributed by atoms with Gasteiger partial charge in [0.1, 0.15) is 11.4 Å². The Morgan fingerprint density at radius 3 is 2.80 bits per heavy atom. The van der Waals surface area contributed by atoms with Gasteiger partial charge >= 0.3 is 5.97 Å². The molecule has 4 nitrogen and oxygen atoms in total. The van der Waals surface area contributed by atoms with Gasteiger partial charge in [0.05, 0.1) is 13.2 Å². The lowest BCUT2D eigenvalue weighted by Crippen LogP contribution is -2.53. The SMILES string of the molecule is CCC1CC(Nc2ccc(F)cc2)(C(=O)OC)CCO1. The first-order valence-electron chi connectivity index (χ1n) is 6.83. The molecule has 0 bridgehead atoms. The van der Waals surface area contributed by atoms with Gasteiger partial charge in [0.15, 0.2) is 0 Å². The van der Waals surface area contributed by atoms with E-state index in [0.29, 0.717) is 25.1 Å². The van der Waals surface area contributed by atoms with Crippen molar-refractivity contribution in [3.63, 3.8) is 0 Å². The van der Waals surface area contributed by atoms with Crippen molar-refractivity contribution in [1.29, 1.82) is 0 Å². The van der Waals surface area contributed by atoms with Crippen molar-refractivity contribution in [2.45, 2.75) is 37.8 Å². The minimum absolute atomic E-state index is 0.0239. The van der Waals surface area contributed by atoms with Gasteiger partial charge in [-0.25, -0.2) is 9.18 Å². The van der Waals surface area contributed by atoms with E-state index in [2.05, 4.69) is 5.32 Å². The van der Waals surface area contributed by atoms with E-state index in [-0.39, 0.29) is 17.9 Å². The molecule has 1 heterocycles. The van der Waals surface area contributed by atoms with Gasteiger partial charge in [-0.15, -0.1) is 0 Å². The fraction of sp³-hybridized carbons (Fsp3) is 0.533. The number of carbonyl (C=O) groups is 1. The molecule has 1 aliphatic heterocycles. The van der Waals surface area contributed by atoms with Crippen LogP contribution in [0.3, 0.4) is 0 Å². The molecule has 0 aliphatic carbocycles. The minimum atomic E-state index is -0.800. The average molecular weight is 281 g/mol. The summed E-state index contributed by atoms with van der Waals surface area (Å²) in [5, 5.41) is 3.22. The van der Waals surface area contributed by atoms with Crippen LogP contribution in [0.2, 0.25) is 0 Å². The molecule has 1 fully saturated rings. The fourth-order valence-corrected chi connectivity index (χ4v) is 2.57. The van der Waals surface area contributed by atoms with E-state index in [4.69, 9.17) is 9.47 Å². The number of methoxy groups -OCH3 is 1. The largest absolute Gasteiger partial charge is 0.467 e. The summed E-state index contributed by atoms with van der Waals surface area (Å²) < 4.78 is 23.5. The smallest absolute Gasteiger partial charge is 0.331 e. The number of hydrogen-bond acceptors (Lipinski definition) is 4. The van der Waals surface area contributed by atoms with Crippen LogP contribution in [0.4, 0.5) is 10.1 Å². The van der Waals surface area contributed by atoms with Gasteiger partial charge in [-0.2, -0.15) is 0 Å². The van der Waals surface area contributed by atoms with Crippen LogP contribution in [0.15, 0.2) is 24.3 Å². The molecule has 1 aromatic carbocycles. The molecule has 20 heavy (non-hydrogen) atoms. The molecule has 1 saturated heterocycles. The van der Waals surface area contributed by atoms with Gasteiger partial charge < -0.3 is 14.8 Å². The highest BCUT2D eigenvalue weighted by Gasteiger charge is 2.44. The molecule has 0 amide bonds. The molecule has 0 saturated carbocycles.